The molecular formula is C15H25N3O2. The first-order valence-electron chi connectivity index (χ1n) is 7.64. The quantitative estimate of drug-likeness (QED) is 0.897. The van der Waals surface area contributed by atoms with Crippen molar-refractivity contribution >= 4 is 5.91 Å². The van der Waals surface area contributed by atoms with Crippen molar-refractivity contribution in [2.45, 2.75) is 52.5 Å². The standard InChI is InChI=1S/C15H25N3O2/c1-4-13-14(11(3)20-17-13)15(19)16-10-12-8-6-7-9-18(12)5-2/h12H,4-10H2,1-3H3,(H,16,19)/t12-/m1/s1. The summed E-state index contributed by atoms with van der Waals surface area (Å²) in [5, 5.41) is 6.99. The predicted molar refractivity (Wildman–Crippen MR) is 77.8 cm³/mol. The second kappa shape index (κ2) is 6.88. The average Bonchev–Trinajstić information content (AvgIpc) is 2.86. The summed E-state index contributed by atoms with van der Waals surface area (Å²) in [5.41, 5.74) is 1.36. The number of piperidine rings is 1. The van der Waals surface area contributed by atoms with Gasteiger partial charge in [0.05, 0.1) is 5.69 Å². The van der Waals surface area contributed by atoms with Crippen molar-refractivity contribution in [2.24, 2.45) is 0 Å². The maximum absolute atomic E-state index is 12.3. The largest absolute Gasteiger partial charge is 0.361 e. The van der Waals surface area contributed by atoms with Crippen LogP contribution in [0.4, 0.5) is 0 Å². The van der Waals surface area contributed by atoms with Crippen LogP contribution in [0.2, 0.25) is 0 Å². The van der Waals surface area contributed by atoms with Crippen LogP contribution >= 0.6 is 0 Å². The first kappa shape index (κ1) is 15.0. The summed E-state index contributed by atoms with van der Waals surface area (Å²) in [4.78, 5) is 14.8. The topological polar surface area (TPSA) is 58.4 Å². The molecule has 5 nitrogen and oxygen atoms in total. The fourth-order valence-corrected chi connectivity index (χ4v) is 2.96. The Kier molecular flexibility index (Phi) is 5.17. The zero-order valence-corrected chi connectivity index (χ0v) is 12.7. The van der Waals surface area contributed by atoms with E-state index in [1.54, 1.807) is 6.92 Å². The van der Waals surface area contributed by atoms with Gasteiger partial charge in [-0.1, -0.05) is 25.4 Å². The SMILES string of the molecule is CCc1noc(C)c1C(=O)NC[C@H]1CCCCN1CC. The van der Waals surface area contributed by atoms with Crippen molar-refractivity contribution < 1.29 is 9.32 Å². The van der Waals surface area contributed by atoms with Crippen LogP contribution in [0.15, 0.2) is 4.52 Å². The van der Waals surface area contributed by atoms with Crippen molar-refractivity contribution in [1.29, 1.82) is 0 Å². The number of aryl methyl sites for hydroxylation is 2. The number of hydrogen-bond donors (Lipinski definition) is 1. The summed E-state index contributed by atoms with van der Waals surface area (Å²) >= 11 is 0. The summed E-state index contributed by atoms with van der Waals surface area (Å²) < 4.78 is 5.12. The fourth-order valence-electron chi connectivity index (χ4n) is 2.96. The molecule has 0 spiro atoms. The molecule has 1 saturated heterocycles. The minimum atomic E-state index is -0.0535. The fraction of sp³-hybridized carbons (Fsp3) is 0.733. The Hall–Kier alpha value is -1.36. The number of hydrogen-bond acceptors (Lipinski definition) is 4. The maximum Gasteiger partial charge on any atom is 0.256 e. The van der Waals surface area contributed by atoms with E-state index < -0.39 is 0 Å². The highest BCUT2D eigenvalue weighted by Gasteiger charge is 2.23. The number of nitrogens with one attached hydrogen (secondary N) is 1. The number of likely N-dealkylation sites (N-methyl/N-ethyl adjacent to an activating group) is 1. The molecule has 2 rings (SSSR count). The van der Waals surface area contributed by atoms with Gasteiger partial charge in [-0.2, -0.15) is 0 Å². The number of aromatic nitrogens is 1. The highest BCUT2D eigenvalue weighted by atomic mass is 16.5. The molecule has 0 bridgehead atoms. The van der Waals surface area contributed by atoms with Gasteiger partial charge in [-0.15, -0.1) is 0 Å². The van der Waals surface area contributed by atoms with Gasteiger partial charge in [0.15, 0.2) is 0 Å². The average molecular weight is 279 g/mol. The third kappa shape index (κ3) is 3.20. The Balaban J connectivity index is 1.96. The van der Waals surface area contributed by atoms with Gasteiger partial charge in [-0.05, 0) is 39.3 Å². The van der Waals surface area contributed by atoms with E-state index in [1.807, 2.05) is 6.92 Å². The molecule has 1 atom stereocenters. The molecule has 1 aliphatic heterocycles. The minimum Gasteiger partial charge on any atom is -0.361 e. The Morgan fingerprint density at radius 1 is 1.45 bits per heavy atom. The van der Waals surface area contributed by atoms with E-state index in [-0.39, 0.29) is 5.91 Å². The van der Waals surface area contributed by atoms with Crippen LogP contribution in [-0.2, 0) is 6.42 Å². The van der Waals surface area contributed by atoms with E-state index in [9.17, 15) is 4.79 Å². The molecule has 1 aliphatic rings. The molecular weight excluding hydrogens is 254 g/mol. The van der Waals surface area contributed by atoms with E-state index in [0.29, 0.717) is 30.3 Å². The van der Waals surface area contributed by atoms with Crippen LogP contribution in [0.1, 0.15) is 54.9 Å². The first-order valence-corrected chi connectivity index (χ1v) is 7.64. The van der Waals surface area contributed by atoms with Gasteiger partial charge < -0.3 is 9.84 Å². The Labute approximate surface area is 120 Å². The molecule has 1 aromatic heterocycles. The number of rotatable bonds is 5. The van der Waals surface area contributed by atoms with Crippen LogP contribution in [-0.4, -0.2) is 41.6 Å². The summed E-state index contributed by atoms with van der Waals surface area (Å²) in [6.07, 6.45) is 4.40. The molecule has 5 heteroatoms. The smallest absolute Gasteiger partial charge is 0.256 e. The lowest BCUT2D eigenvalue weighted by molar-refractivity contribution is 0.0915. The lowest BCUT2D eigenvalue weighted by atomic mass is 10.0. The van der Waals surface area contributed by atoms with Gasteiger partial charge in [0.1, 0.15) is 11.3 Å². The normalized spacial score (nSPS) is 20.1. The van der Waals surface area contributed by atoms with Gasteiger partial charge in [0.25, 0.3) is 5.91 Å². The third-order valence-electron chi connectivity index (χ3n) is 4.15. The van der Waals surface area contributed by atoms with E-state index in [1.165, 1.54) is 12.8 Å². The monoisotopic (exact) mass is 279 g/mol. The second-order valence-corrected chi connectivity index (χ2v) is 5.40. The second-order valence-electron chi connectivity index (χ2n) is 5.40. The first-order chi connectivity index (χ1) is 9.67. The summed E-state index contributed by atoms with van der Waals surface area (Å²) in [5.74, 6) is 0.553. The van der Waals surface area contributed by atoms with Crippen LogP contribution in [0.5, 0.6) is 0 Å². The molecule has 20 heavy (non-hydrogen) atoms. The van der Waals surface area contributed by atoms with Crippen molar-refractivity contribution in [3.8, 4) is 0 Å². The lowest BCUT2D eigenvalue weighted by Crippen LogP contribution is -2.46. The van der Waals surface area contributed by atoms with Crippen molar-refractivity contribution in [3.05, 3.63) is 17.0 Å². The number of nitrogens with zero attached hydrogens (tertiary/aromatic N) is 2. The van der Waals surface area contributed by atoms with Crippen molar-refractivity contribution in [2.75, 3.05) is 19.6 Å². The van der Waals surface area contributed by atoms with E-state index in [2.05, 4.69) is 22.3 Å². The Morgan fingerprint density at radius 3 is 2.95 bits per heavy atom. The van der Waals surface area contributed by atoms with E-state index >= 15 is 0 Å². The maximum atomic E-state index is 12.3. The van der Waals surface area contributed by atoms with Gasteiger partial charge in [-0.3, -0.25) is 9.69 Å². The van der Waals surface area contributed by atoms with Crippen LogP contribution in [0.3, 0.4) is 0 Å². The molecule has 2 heterocycles. The number of amides is 1. The number of carbonyl (C=O) groups excluding carboxylic acids is 1. The number of likely N-dealkylation sites (tertiary alicyclic amines) is 1. The molecule has 1 N–H and O–H groups in total. The molecule has 0 saturated carbocycles. The molecule has 1 aromatic rings. The van der Waals surface area contributed by atoms with Gasteiger partial charge in [-0.25, -0.2) is 0 Å². The van der Waals surface area contributed by atoms with Crippen molar-refractivity contribution in [1.82, 2.24) is 15.4 Å². The number of carbonyl (C=O) groups is 1. The molecule has 112 valence electrons. The zero-order chi connectivity index (χ0) is 14.5. The van der Waals surface area contributed by atoms with E-state index in [0.717, 1.165) is 25.2 Å². The molecule has 0 unspecified atom stereocenters. The van der Waals surface area contributed by atoms with Gasteiger partial charge >= 0.3 is 0 Å². The molecule has 1 amide bonds. The zero-order valence-electron chi connectivity index (χ0n) is 12.7. The lowest BCUT2D eigenvalue weighted by Gasteiger charge is -2.34. The van der Waals surface area contributed by atoms with Gasteiger partial charge in [0.2, 0.25) is 0 Å². The van der Waals surface area contributed by atoms with Crippen LogP contribution in [0, 0.1) is 6.92 Å². The van der Waals surface area contributed by atoms with Crippen LogP contribution in [0.25, 0.3) is 0 Å². The highest BCUT2D eigenvalue weighted by Crippen LogP contribution is 2.17. The van der Waals surface area contributed by atoms with Crippen LogP contribution < -0.4 is 5.32 Å². The third-order valence-corrected chi connectivity index (χ3v) is 4.15. The summed E-state index contributed by atoms with van der Waals surface area (Å²) in [6, 6.07) is 0.461. The Bertz CT molecular complexity index is 456. The molecule has 0 aromatic carbocycles. The molecule has 0 aliphatic carbocycles. The van der Waals surface area contributed by atoms with Gasteiger partial charge in [0, 0.05) is 12.6 Å². The van der Waals surface area contributed by atoms with E-state index in [4.69, 9.17) is 4.52 Å². The summed E-state index contributed by atoms with van der Waals surface area (Å²) in [6.45, 7) is 8.85. The predicted octanol–water partition coefficient (Wildman–Crippen LogP) is 2.15. The minimum absolute atomic E-state index is 0.0535. The highest BCUT2D eigenvalue weighted by molar-refractivity contribution is 5.96. The summed E-state index contributed by atoms with van der Waals surface area (Å²) in [7, 11) is 0. The Morgan fingerprint density at radius 2 is 2.25 bits per heavy atom. The van der Waals surface area contributed by atoms with Crippen molar-refractivity contribution in [3.63, 3.8) is 0 Å². The molecule has 0 radical (unpaired) electrons. The molecule has 1 fully saturated rings.